The maximum Gasteiger partial charge on any atom is 0.510 e. The number of fused-ring (bicyclic) bond motifs is 1. The first kappa shape index (κ1) is 26.8. The lowest BCUT2D eigenvalue weighted by molar-refractivity contribution is -0.167. The molecule has 15 heteroatoms. The van der Waals surface area contributed by atoms with Crippen LogP contribution in [0.3, 0.4) is 0 Å². The van der Waals surface area contributed by atoms with Crippen LogP contribution in [0.5, 0.6) is 0 Å². The number of carbonyl (C=O) groups is 4. The van der Waals surface area contributed by atoms with E-state index in [9.17, 15) is 24.3 Å². The third kappa shape index (κ3) is 5.53. The third-order valence-corrected chi connectivity index (χ3v) is 8.22. The van der Waals surface area contributed by atoms with Crippen LogP contribution >= 0.6 is 58.3 Å². The largest absolute Gasteiger partial charge is 0.510 e. The number of thioether (sulfide) groups is 2. The number of carboxylic acid groups (broad SMARTS) is 1. The van der Waals surface area contributed by atoms with E-state index in [2.05, 4.69) is 11.3 Å². The summed E-state index contributed by atoms with van der Waals surface area (Å²) in [6, 6.07) is 0. The quantitative estimate of drug-likeness (QED) is 0.129. The van der Waals surface area contributed by atoms with E-state index in [4.69, 9.17) is 50.0 Å². The first-order valence-corrected chi connectivity index (χ1v) is 12.0. The third-order valence-electron chi connectivity index (χ3n) is 4.40. The molecule has 1 saturated heterocycles. The van der Waals surface area contributed by atoms with Gasteiger partial charge in [-0.1, -0.05) is 52.6 Å². The number of ether oxygens (including phenoxy) is 3. The topological polar surface area (TPSA) is 145 Å². The van der Waals surface area contributed by atoms with E-state index in [1.165, 1.54) is 13.0 Å². The van der Waals surface area contributed by atoms with Gasteiger partial charge in [-0.05, 0) is 13.3 Å². The van der Waals surface area contributed by atoms with Gasteiger partial charge in [-0.3, -0.25) is 9.69 Å². The highest BCUT2D eigenvalue weighted by Crippen LogP contribution is 2.63. The molecule has 0 saturated carbocycles. The molecule has 0 aromatic heterocycles. The minimum absolute atomic E-state index is 0.0458. The lowest BCUT2D eigenvalue weighted by Gasteiger charge is -2.54. The van der Waals surface area contributed by atoms with Crippen molar-refractivity contribution in [3.8, 4) is 0 Å². The first-order valence-electron chi connectivity index (χ1n) is 8.92. The molecule has 2 rings (SSSR count). The molecule has 178 valence electrons. The monoisotopic (exact) mass is 548 g/mol. The second kappa shape index (κ2) is 11.1. The molecule has 0 aromatic carbocycles. The second-order valence-electron chi connectivity index (χ2n) is 6.42. The van der Waals surface area contributed by atoms with Crippen molar-refractivity contribution in [1.82, 2.24) is 4.90 Å². The van der Waals surface area contributed by atoms with Gasteiger partial charge in [0, 0.05) is 5.75 Å². The van der Waals surface area contributed by atoms with Gasteiger partial charge in [-0.25, -0.2) is 14.4 Å². The molecule has 10 nitrogen and oxygen atoms in total. The number of halogens is 3. The summed E-state index contributed by atoms with van der Waals surface area (Å²) < 4.78 is 14.9. The summed E-state index contributed by atoms with van der Waals surface area (Å²) >= 11 is 19.0. The van der Waals surface area contributed by atoms with Crippen molar-refractivity contribution >= 4 is 82.5 Å². The van der Waals surface area contributed by atoms with Crippen LogP contribution in [0.4, 0.5) is 9.59 Å². The van der Waals surface area contributed by atoms with E-state index in [0.29, 0.717) is 4.24 Å². The highest BCUT2D eigenvalue weighted by molar-refractivity contribution is 8.23. The zero-order valence-electron chi connectivity index (χ0n) is 16.5. The molecule has 2 aliphatic rings. The summed E-state index contributed by atoms with van der Waals surface area (Å²) in [6.07, 6.45) is -1.39. The second-order valence-corrected chi connectivity index (χ2v) is 10.7. The summed E-state index contributed by atoms with van der Waals surface area (Å²) in [5.41, 5.74) is 3.35. The van der Waals surface area contributed by atoms with Crippen LogP contribution in [0.25, 0.3) is 0 Å². The van der Waals surface area contributed by atoms with E-state index in [1.54, 1.807) is 0 Å². The molecule has 2 heterocycles. The number of alkyl halides is 3. The van der Waals surface area contributed by atoms with Gasteiger partial charge in [0.25, 0.3) is 0 Å². The number of primary amides is 1. The highest BCUT2D eigenvalue weighted by atomic mass is 35.5. The van der Waals surface area contributed by atoms with Crippen molar-refractivity contribution in [1.29, 1.82) is 0 Å². The lowest BCUT2D eigenvalue weighted by atomic mass is 9.80. The molecule has 2 amide bonds. The van der Waals surface area contributed by atoms with Gasteiger partial charge in [0.2, 0.25) is 11.5 Å². The number of hydrogen-bond acceptors (Lipinski definition) is 9. The highest BCUT2D eigenvalue weighted by Gasteiger charge is 2.68. The van der Waals surface area contributed by atoms with Crippen molar-refractivity contribution < 1.29 is 38.5 Å². The molecule has 2 unspecified atom stereocenters. The van der Waals surface area contributed by atoms with Crippen LogP contribution in [-0.4, -0.2) is 67.9 Å². The number of β-lactam (4-membered cyclic amide) rings is 1. The zero-order chi connectivity index (χ0) is 24.2. The van der Waals surface area contributed by atoms with Gasteiger partial charge in [0.05, 0.1) is 4.24 Å². The van der Waals surface area contributed by atoms with Crippen molar-refractivity contribution in [3.05, 3.63) is 22.6 Å². The van der Waals surface area contributed by atoms with Crippen LogP contribution in [0, 0.1) is 5.92 Å². The number of amides is 2. The number of carbonyl (C=O) groups excluding carboxylic acids is 3. The molecule has 0 spiro atoms. The number of nitrogens with two attached hydrogens (primary N) is 1. The Balaban J connectivity index is 2.19. The van der Waals surface area contributed by atoms with Gasteiger partial charge >= 0.3 is 18.2 Å². The van der Waals surface area contributed by atoms with Gasteiger partial charge in [-0.2, -0.15) is 0 Å². The van der Waals surface area contributed by atoms with Crippen LogP contribution < -0.4 is 5.73 Å². The fraction of sp³-hybridized carbons (Fsp3) is 0.529. The van der Waals surface area contributed by atoms with Crippen molar-refractivity contribution in [2.45, 2.75) is 34.7 Å². The van der Waals surface area contributed by atoms with Gasteiger partial charge < -0.3 is 25.1 Å². The molecular formula is C17H19Cl3N2O8S2. The van der Waals surface area contributed by atoms with E-state index in [0.717, 1.165) is 28.4 Å². The van der Waals surface area contributed by atoms with E-state index < -0.39 is 51.4 Å². The Hall–Kier alpha value is -1.47. The Kier molecular flexibility index (Phi) is 9.29. The van der Waals surface area contributed by atoms with Crippen molar-refractivity contribution in [2.75, 3.05) is 12.4 Å². The standard InChI is InChI=1S/C17H19Cl3N2O8S2/c1-3-4-17-8(7(2)29-16(27)30-11(20)10(18)19)12(23)22(17)9(13(24)25)14(32-17)31-6-5-28-15(21)26/h3,7-8,10-11H,1,4-6H2,2H3,(H2,21,26)(H,24,25)/t7?,8-,11?,17+/m0/s1. The maximum atomic E-state index is 12.9. The number of nitrogens with zero attached hydrogens (tertiary/aromatic N) is 1. The summed E-state index contributed by atoms with van der Waals surface area (Å²) in [4.78, 5) is 46.5. The molecular weight excluding hydrogens is 531 g/mol. The molecule has 3 N–H and O–H groups in total. The number of aliphatic carboxylic acids is 1. The molecule has 4 atom stereocenters. The van der Waals surface area contributed by atoms with Crippen LogP contribution in [-0.2, 0) is 23.8 Å². The Labute approximate surface area is 206 Å². The Morgan fingerprint density at radius 1 is 1.38 bits per heavy atom. The van der Waals surface area contributed by atoms with Crippen molar-refractivity contribution in [2.24, 2.45) is 11.7 Å². The smallest absolute Gasteiger partial charge is 0.477 e. The number of hydrogen-bond donors (Lipinski definition) is 2. The molecule has 1 fully saturated rings. The normalized spacial score (nSPS) is 23.8. The molecule has 0 aromatic rings. The fourth-order valence-corrected chi connectivity index (χ4v) is 6.53. The average Bonchev–Trinajstić information content (AvgIpc) is 2.95. The molecule has 0 radical (unpaired) electrons. The van der Waals surface area contributed by atoms with Crippen LogP contribution in [0.15, 0.2) is 22.6 Å². The predicted octanol–water partition coefficient (Wildman–Crippen LogP) is 3.46. The molecule has 2 aliphatic heterocycles. The molecule has 0 bridgehead atoms. The Morgan fingerprint density at radius 2 is 2.03 bits per heavy atom. The number of carboxylic acids is 1. The fourth-order valence-electron chi connectivity index (χ4n) is 3.28. The SMILES string of the molecule is C=CC[C@]12SC(SCCOC(N)=O)=C(C(=O)O)N1C(=O)[C@@H]2C(C)OC(=O)OC(Cl)C(Cl)Cl. The Morgan fingerprint density at radius 3 is 2.56 bits per heavy atom. The molecule has 32 heavy (non-hydrogen) atoms. The summed E-state index contributed by atoms with van der Waals surface area (Å²) in [5, 5.41) is 9.72. The summed E-state index contributed by atoms with van der Waals surface area (Å²) in [6.45, 7) is 5.12. The first-order chi connectivity index (χ1) is 15.0. The Bertz CT molecular complexity index is 843. The summed E-state index contributed by atoms with van der Waals surface area (Å²) in [7, 11) is 0. The minimum atomic E-state index is -1.36. The minimum Gasteiger partial charge on any atom is -0.477 e. The van der Waals surface area contributed by atoms with Gasteiger partial charge in [0.1, 0.15) is 23.5 Å². The maximum absolute atomic E-state index is 12.9. The number of rotatable bonds is 11. The van der Waals surface area contributed by atoms with E-state index in [-0.39, 0.29) is 24.5 Å². The predicted molar refractivity (Wildman–Crippen MR) is 120 cm³/mol. The zero-order valence-corrected chi connectivity index (χ0v) is 20.4. The van der Waals surface area contributed by atoms with Gasteiger partial charge in [-0.15, -0.1) is 18.3 Å². The van der Waals surface area contributed by atoms with Crippen LogP contribution in [0.2, 0.25) is 0 Å². The molecule has 0 aliphatic carbocycles. The average molecular weight is 550 g/mol. The van der Waals surface area contributed by atoms with Crippen LogP contribution in [0.1, 0.15) is 13.3 Å². The van der Waals surface area contributed by atoms with E-state index >= 15 is 0 Å². The van der Waals surface area contributed by atoms with Gasteiger partial charge in [0.15, 0.2) is 10.5 Å². The lowest BCUT2D eigenvalue weighted by Crippen LogP contribution is -2.70. The van der Waals surface area contributed by atoms with E-state index in [1.807, 2.05) is 0 Å². The van der Waals surface area contributed by atoms with Crippen molar-refractivity contribution in [3.63, 3.8) is 0 Å². The summed E-state index contributed by atoms with van der Waals surface area (Å²) in [5.74, 6) is -2.53.